The standard InChI is InChI=1S/C25H34N4O3/c1-4-26-25(28-17-20-12-11-18(3)14-23(20)31-5-2)27-16-19-8-6-9-21(15-19)29-24(30)22-10-7-13-32-22/h6,8-9,11-12,14-15,22H,4-5,7,10,13,16-17H2,1-3H3,(H,29,30)(H2,26,27,28). The molecule has 1 aliphatic rings. The van der Waals surface area contributed by atoms with E-state index in [0.717, 1.165) is 47.9 Å². The summed E-state index contributed by atoms with van der Waals surface area (Å²) in [5.41, 5.74) is 4.03. The van der Waals surface area contributed by atoms with Gasteiger partial charge in [0, 0.05) is 30.9 Å². The SMILES string of the molecule is CCNC(=NCc1cccc(NC(=O)C2CCCO2)c1)NCc1ccc(C)cc1OCC. The molecule has 0 bridgehead atoms. The monoisotopic (exact) mass is 438 g/mol. The van der Waals surface area contributed by atoms with Crippen molar-refractivity contribution >= 4 is 17.6 Å². The van der Waals surface area contributed by atoms with Crippen LogP contribution in [0.1, 0.15) is 43.4 Å². The van der Waals surface area contributed by atoms with Crippen molar-refractivity contribution in [2.75, 3.05) is 25.1 Å². The molecule has 0 saturated carbocycles. The predicted molar refractivity (Wildman–Crippen MR) is 128 cm³/mol. The lowest BCUT2D eigenvalue weighted by molar-refractivity contribution is -0.124. The molecule has 1 aliphatic heterocycles. The lowest BCUT2D eigenvalue weighted by Gasteiger charge is -2.15. The summed E-state index contributed by atoms with van der Waals surface area (Å²) in [5, 5.41) is 9.61. The quantitative estimate of drug-likeness (QED) is 0.410. The van der Waals surface area contributed by atoms with Gasteiger partial charge in [-0.25, -0.2) is 4.99 Å². The highest BCUT2D eigenvalue weighted by Gasteiger charge is 2.23. The van der Waals surface area contributed by atoms with E-state index in [4.69, 9.17) is 14.5 Å². The smallest absolute Gasteiger partial charge is 0.253 e. The summed E-state index contributed by atoms with van der Waals surface area (Å²) in [6.07, 6.45) is 1.37. The second-order valence-electron chi connectivity index (χ2n) is 7.78. The Kier molecular flexibility index (Phi) is 8.92. The number of carbonyl (C=O) groups excluding carboxylic acids is 1. The first-order valence-electron chi connectivity index (χ1n) is 11.3. The minimum Gasteiger partial charge on any atom is -0.494 e. The fourth-order valence-electron chi connectivity index (χ4n) is 3.54. The van der Waals surface area contributed by atoms with Gasteiger partial charge in [-0.05, 0) is 62.9 Å². The van der Waals surface area contributed by atoms with Crippen LogP contribution in [0.25, 0.3) is 0 Å². The largest absolute Gasteiger partial charge is 0.494 e. The number of hydrogen-bond acceptors (Lipinski definition) is 4. The molecule has 0 aromatic heterocycles. The van der Waals surface area contributed by atoms with Crippen LogP contribution in [-0.4, -0.2) is 37.7 Å². The van der Waals surface area contributed by atoms with Gasteiger partial charge in [0.05, 0.1) is 13.2 Å². The van der Waals surface area contributed by atoms with Crippen LogP contribution < -0.4 is 20.7 Å². The maximum Gasteiger partial charge on any atom is 0.253 e. The number of carbonyl (C=O) groups is 1. The number of nitrogens with zero attached hydrogens (tertiary/aromatic N) is 1. The fraction of sp³-hybridized carbons (Fsp3) is 0.440. The van der Waals surface area contributed by atoms with E-state index in [1.54, 1.807) is 0 Å². The van der Waals surface area contributed by atoms with Gasteiger partial charge in [0.15, 0.2) is 5.96 Å². The number of amides is 1. The third-order valence-electron chi connectivity index (χ3n) is 5.15. The lowest BCUT2D eigenvalue weighted by Crippen LogP contribution is -2.36. The number of ether oxygens (including phenoxy) is 2. The highest BCUT2D eigenvalue weighted by atomic mass is 16.5. The van der Waals surface area contributed by atoms with Crippen molar-refractivity contribution < 1.29 is 14.3 Å². The van der Waals surface area contributed by atoms with Crippen LogP contribution in [-0.2, 0) is 22.6 Å². The fourth-order valence-corrected chi connectivity index (χ4v) is 3.54. The van der Waals surface area contributed by atoms with Gasteiger partial charge in [-0.15, -0.1) is 0 Å². The number of hydrogen-bond donors (Lipinski definition) is 3. The second kappa shape index (κ2) is 12.1. The van der Waals surface area contributed by atoms with Gasteiger partial charge in [0.1, 0.15) is 11.9 Å². The van der Waals surface area contributed by atoms with Crippen molar-refractivity contribution in [2.45, 2.75) is 52.8 Å². The first kappa shape index (κ1) is 23.6. The molecule has 0 radical (unpaired) electrons. The van der Waals surface area contributed by atoms with E-state index in [2.05, 4.69) is 41.1 Å². The van der Waals surface area contributed by atoms with Crippen molar-refractivity contribution in [3.8, 4) is 5.75 Å². The molecule has 0 spiro atoms. The van der Waals surface area contributed by atoms with Gasteiger partial charge in [-0.2, -0.15) is 0 Å². The van der Waals surface area contributed by atoms with Crippen LogP contribution in [0, 0.1) is 6.92 Å². The first-order valence-corrected chi connectivity index (χ1v) is 11.3. The number of anilines is 1. The van der Waals surface area contributed by atoms with Crippen molar-refractivity contribution in [3.63, 3.8) is 0 Å². The zero-order valence-electron chi connectivity index (χ0n) is 19.2. The normalized spacial score (nSPS) is 16.0. The number of aliphatic imine (C=N–C) groups is 1. The Morgan fingerprint density at radius 1 is 1.19 bits per heavy atom. The Morgan fingerprint density at radius 3 is 2.81 bits per heavy atom. The molecule has 1 saturated heterocycles. The zero-order valence-corrected chi connectivity index (χ0v) is 19.2. The first-order chi connectivity index (χ1) is 15.6. The molecule has 1 heterocycles. The highest BCUT2D eigenvalue weighted by molar-refractivity contribution is 5.94. The number of benzene rings is 2. The topological polar surface area (TPSA) is 84.0 Å². The van der Waals surface area contributed by atoms with Crippen LogP contribution in [0.3, 0.4) is 0 Å². The maximum atomic E-state index is 12.3. The molecule has 3 N–H and O–H groups in total. The third-order valence-corrected chi connectivity index (χ3v) is 5.15. The van der Waals surface area contributed by atoms with Crippen LogP contribution in [0.4, 0.5) is 5.69 Å². The van der Waals surface area contributed by atoms with Gasteiger partial charge in [-0.1, -0.05) is 24.3 Å². The van der Waals surface area contributed by atoms with E-state index in [9.17, 15) is 4.79 Å². The molecule has 1 unspecified atom stereocenters. The Morgan fingerprint density at radius 2 is 2.06 bits per heavy atom. The van der Waals surface area contributed by atoms with Crippen LogP contribution in [0.2, 0.25) is 0 Å². The molecule has 2 aromatic rings. The molecule has 1 amide bonds. The molecule has 32 heavy (non-hydrogen) atoms. The molecular weight excluding hydrogens is 404 g/mol. The van der Waals surface area contributed by atoms with Gasteiger partial charge in [0.2, 0.25) is 0 Å². The summed E-state index contributed by atoms with van der Waals surface area (Å²) in [4.78, 5) is 17.0. The van der Waals surface area contributed by atoms with Crippen LogP contribution in [0.15, 0.2) is 47.5 Å². The van der Waals surface area contributed by atoms with Crippen molar-refractivity contribution in [2.24, 2.45) is 4.99 Å². The van der Waals surface area contributed by atoms with Crippen LogP contribution >= 0.6 is 0 Å². The molecule has 1 atom stereocenters. The molecular formula is C25H34N4O3. The average molecular weight is 439 g/mol. The van der Waals surface area contributed by atoms with Gasteiger partial charge in [-0.3, -0.25) is 4.79 Å². The van der Waals surface area contributed by atoms with Crippen molar-refractivity contribution in [1.29, 1.82) is 0 Å². The van der Waals surface area contributed by atoms with E-state index in [1.807, 2.05) is 38.1 Å². The van der Waals surface area contributed by atoms with E-state index in [-0.39, 0.29) is 12.0 Å². The van der Waals surface area contributed by atoms with Gasteiger partial charge in [0.25, 0.3) is 5.91 Å². The van der Waals surface area contributed by atoms with E-state index in [0.29, 0.717) is 26.3 Å². The summed E-state index contributed by atoms with van der Waals surface area (Å²) < 4.78 is 11.2. The lowest BCUT2D eigenvalue weighted by atomic mass is 10.1. The predicted octanol–water partition coefficient (Wildman–Crippen LogP) is 3.77. The zero-order chi connectivity index (χ0) is 22.8. The number of nitrogens with one attached hydrogen (secondary N) is 3. The summed E-state index contributed by atoms with van der Waals surface area (Å²) in [5.74, 6) is 1.54. The molecule has 1 fully saturated rings. The summed E-state index contributed by atoms with van der Waals surface area (Å²) >= 11 is 0. The number of rotatable bonds is 9. The Balaban J connectivity index is 1.62. The Hall–Kier alpha value is -3.06. The molecule has 172 valence electrons. The number of aryl methyl sites for hydroxylation is 1. The second-order valence-corrected chi connectivity index (χ2v) is 7.78. The van der Waals surface area contributed by atoms with Gasteiger partial charge >= 0.3 is 0 Å². The minimum atomic E-state index is -0.343. The van der Waals surface area contributed by atoms with Crippen LogP contribution in [0.5, 0.6) is 5.75 Å². The third kappa shape index (κ3) is 6.99. The summed E-state index contributed by atoms with van der Waals surface area (Å²) in [6, 6.07) is 14.0. The Labute approximate surface area is 190 Å². The molecule has 3 rings (SSSR count). The molecule has 7 nitrogen and oxygen atoms in total. The molecule has 0 aliphatic carbocycles. The van der Waals surface area contributed by atoms with Crippen molar-refractivity contribution in [1.82, 2.24) is 10.6 Å². The molecule has 7 heteroatoms. The molecule has 2 aromatic carbocycles. The van der Waals surface area contributed by atoms with Gasteiger partial charge < -0.3 is 25.4 Å². The highest BCUT2D eigenvalue weighted by Crippen LogP contribution is 2.20. The minimum absolute atomic E-state index is 0.0821. The van der Waals surface area contributed by atoms with E-state index >= 15 is 0 Å². The summed E-state index contributed by atoms with van der Waals surface area (Å²) in [7, 11) is 0. The average Bonchev–Trinajstić information content (AvgIpc) is 3.32. The summed E-state index contributed by atoms with van der Waals surface area (Å²) in [6.45, 7) is 9.23. The number of guanidine groups is 1. The maximum absolute atomic E-state index is 12.3. The van der Waals surface area contributed by atoms with Crippen molar-refractivity contribution in [3.05, 3.63) is 59.2 Å². The Bertz CT molecular complexity index is 923. The van der Waals surface area contributed by atoms with E-state index in [1.165, 1.54) is 5.56 Å². The van der Waals surface area contributed by atoms with E-state index < -0.39 is 0 Å².